The molecule has 2 atom stereocenters. The number of ether oxygens (including phenoxy) is 2. The van der Waals surface area contributed by atoms with Crippen LogP contribution in [0.25, 0.3) is 0 Å². The Bertz CT molecular complexity index is 332. The Balaban J connectivity index is 2.25. The summed E-state index contributed by atoms with van der Waals surface area (Å²) >= 11 is 0. The standard InChI is InChI=1S/C13H27NO4S/c1-14-10-12(4-3-6-18-8-7-17-2)13-5-9-19(15,16)11-13/h12-14H,3-11H2,1-2H3. The van der Waals surface area contributed by atoms with Crippen LogP contribution >= 0.6 is 0 Å². The van der Waals surface area contributed by atoms with Crippen molar-refractivity contribution in [1.82, 2.24) is 5.32 Å². The number of rotatable bonds is 10. The molecule has 0 saturated carbocycles. The quantitative estimate of drug-likeness (QED) is 0.601. The Labute approximate surface area is 117 Å². The van der Waals surface area contributed by atoms with Gasteiger partial charge in [-0.05, 0) is 44.7 Å². The van der Waals surface area contributed by atoms with E-state index in [-0.39, 0.29) is 0 Å². The molecule has 0 radical (unpaired) electrons. The van der Waals surface area contributed by atoms with E-state index in [9.17, 15) is 8.42 Å². The van der Waals surface area contributed by atoms with Gasteiger partial charge in [0.1, 0.15) is 0 Å². The molecule has 1 saturated heterocycles. The fourth-order valence-corrected chi connectivity index (χ4v) is 4.57. The van der Waals surface area contributed by atoms with E-state index in [2.05, 4.69) is 5.32 Å². The van der Waals surface area contributed by atoms with Crippen molar-refractivity contribution in [3.63, 3.8) is 0 Å². The molecule has 5 nitrogen and oxygen atoms in total. The fraction of sp³-hybridized carbons (Fsp3) is 1.00. The average molecular weight is 293 g/mol. The molecule has 1 aliphatic heterocycles. The Morgan fingerprint density at radius 2 is 2.11 bits per heavy atom. The molecule has 1 N–H and O–H groups in total. The van der Waals surface area contributed by atoms with E-state index in [1.54, 1.807) is 7.11 Å². The molecule has 1 aliphatic rings. The first-order valence-corrected chi connectivity index (χ1v) is 8.83. The first-order chi connectivity index (χ1) is 9.09. The summed E-state index contributed by atoms with van der Waals surface area (Å²) in [4.78, 5) is 0. The maximum absolute atomic E-state index is 11.5. The second-order valence-electron chi connectivity index (χ2n) is 5.23. The third-order valence-electron chi connectivity index (χ3n) is 3.70. The summed E-state index contributed by atoms with van der Waals surface area (Å²) in [6.45, 7) is 2.87. The highest BCUT2D eigenvalue weighted by Gasteiger charge is 2.32. The lowest BCUT2D eigenvalue weighted by Gasteiger charge is -2.22. The highest BCUT2D eigenvalue weighted by molar-refractivity contribution is 7.91. The summed E-state index contributed by atoms with van der Waals surface area (Å²) in [5, 5.41) is 3.18. The van der Waals surface area contributed by atoms with Crippen LogP contribution in [0, 0.1) is 11.8 Å². The zero-order valence-corrected chi connectivity index (χ0v) is 12.9. The second kappa shape index (κ2) is 8.89. The third kappa shape index (κ3) is 6.70. The van der Waals surface area contributed by atoms with Crippen LogP contribution in [0.2, 0.25) is 0 Å². The van der Waals surface area contributed by atoms with Crippen LogP contribution in [-0.2, 0) is 19.3 Å². The van der Waals surface area contributed by atoms with Gasteiger partial charge in [-0.15, -0.1) is 0 Å². The fourth-order valence-electron chi connectivity index (χ4n) is 2.65. The minimum absolute atomic E-state index is 0.316. The summed E-state index contributed by atoms with van der Waals surface area (Å²) in [6.07, 6.45) is 2.82. The van der Waals surface area contributed by atoms with Crippen molar-refractivity contribution in [2.75, 3.05) is 52.0 Å². The van der Waals surface area contributed by atoms with Crippen molar-refractivity contribution in [3.05, 3.63) is 0 Å². The Kier molecular flexibility index (Phi) is 7.90. The predicted molar refractivity (Wildman–Crippen MR) is 76.1 cm³/mol. The maximum Gasteiger partial charge on any atom is 0.150 e. The highest BCUT2D eigenvalue weighted by Crippen LogP contribution is 2.28. The summed E-state index contributed by atoms with van der Waals surface area (Å²) in [5.74, 6) is 1.48. The molecule has 0 aromatic heterocycles. The van der Waals surface area contributed by atoms with Crippen LogP contribution in [0.4, 0.5) is 0 Å². The van der Waals surface area contributed by atoms with Gasteiger partial charge in [-0.3, -0.25) is 0 Å². The van der Waals surface area contributed by atoms with Crippen molar-refractivity contribution < 1.29 is 17.9 Å². The van der Waals surface area contributed by atoms with Gasteiger partial charge < -0.3 is 14.8 Å². The monoisotopic (exact) mass is 293 g/mol. The number of hydrogen-bond acceptors (Lipinski definition) is 5. The molecule has 1 rings (SSSR count). The minimum atomic E-state index is -2.78. The predicted octanol–water partition coefficient (Wildman–Crippen LogP) is 0.700. The molecule has 0 spiro atoms. The Morgan fingerprint density at radius 3 is 2.68 bits per heavy atom. The lowest BCUT2D eigenvalue weighted by Crippen LogP contribution is -2.27. The molecule has 19 heavy (non-hydrogen) atoms. The van der Waals surface area contributed by atoms with Gasteiger partial charge in [-0.1, -0.05) is 0 Å². The summed E-state index contributed by atoms with van der Waals surface area (Å²) in [7, 11) is 0.805. The van der Waals surface area contributed by atoms with Gasteiger partial charge in [0, 0.05) is 13.7 Å². The lowest BCUT2D eigenvalue weighted by atomic mass is 9.88. The Hall–Kier alpha value is -0.170. The van der Waals surface area contributed by atoms with Crippen molar-refractivity contribution in [3.8, 4) is 0 Å². The van der Waals surface area contributed by atoms with Crippen molar-refractivity contribution in [2.24, 2.45) is 11.8 Å². The number of methoxy groups -OCH3 is 1. The van der Waals surface area contributed by atoms with Gasteiger partial charge in [0.05, 0.1) is 24.7 Å². The first kappa shape index (κ1) is 16.9. The van der Waals surface area contributed by atoms with E-state index in [1.807, 2.05) is 7.05 Å². The lowest BCUT2D eigenvalue weighted by molar-refractivity contribution is 0.0662. The summed E-state index contributed by atoms with van der Waals surface area (Å²) < 4.78 is 33.4. The van der Waals surface area contributed by atoms with Crippen LogP contribution in [0.15, 0.2) is 0 Å². The van der Waals surface area contributed by atoms with Crippen LogP contribution in [-0.4, -0.2) is 60.4 Å². The summed E-state index contributed by atoms with van der Waals surface area (Å²) in [5.41, 5.74) is 0. The zero-order chi connectivity index (χ0) is 14.1. The number of sulfone groups is 1. The zero-order valence-electron chi connectivity index (χ0n) is 12.1. The molecule has 2 unspecified atom stereocenters. The van der Waals surface area contributed by atoms with E-state index < -0.39 is 9.84 Å². The van der Waals surface area contributed by atoms with Crippen LogP contribution in [0.1, 0.15) is 19.3 Å². The molecule has 1 fully saturated rings. The van der Waals surface area contributed by atoms with E-state index >= 15 is 0 Å². The molecule has 1 heterocycles. The number of hydrogen-bond donors (Lipinski definition) is 1. The third-order valence-corrected chi connectivity index (χ3v) is 5.49. The van der Waals surface area contributed by atoms with Gasteiger partial charge in [-0.2, -0.15) is 0 Å². The first-order valence-electron chi connectivity index (χ1n) is 7.00. The second-order valence-corrected chi connectivity index (χ2v) is 7.46. The highest BCUT2D eigenvalue weighted by atomic mass is 32.2. The molecule has 0 aliphatic carbocycles. The van der Waals surface area contributed by atoms with Gasteiger partial charge in [0.15, 0.2) is 9.84 Å². The minimum Gasteiger partial charge on any atom is -0.382 e. The molecule has 0 aromatic rings. The van der Waals surface area contributed by atoms with E-state index in [4.69, 9.17) is 9.47 Å². The van der Waals surface area contributed by atoms with Crippen molar-refractivity contribution >= 4 is 9.84 Å². The van der Waals surface area contributed by atoms with E-state index in [0.717, 1.165) is 32.4 Å². The molecule has 114 valence electrons. The molecule has 0 aromatic carbocycles. The Morgan fingerprint density at radius 1 is 1.32 bits per heavy atom. The maximum atomic E-state index is 11.5. The van der Waals surface area contributed by atoms with Gasteiger partial charge >= 0.3 is 0 Å². The summed E-state index contributed by atoms with van der Waals surface area (Å²) in [6, 6.07) is 0. The van der Waals surface area contributed by atoms with Crippen LogP contribution < -0.4 is 5.32 Å². The molecule has 6 heteroatoms. The molecule has 0 bridgehead atoms. The van der Waals surface area contributed by atoms with E-state index in [0.29, 0.717) is 36.6 Å². The molecular weight excluding hydrogens is 266 g/mol. The average Bonchev–Trinajstić information content (AvgIpc) is 2.72. The number of nitrogens with one attached hydrogen (secondary N) is 1. The van der Waals surface area contributed by atoms with Crippen molar-refractivity contribution in [1.29, 1.82) is 0 Å². The molecule has 0 amide bonds. The largest absolute Gasteiger partial charge is 0.382 e. The normalized spacial score (nSPS) is 23.6. The molecular formula is C13H27NO4S. The SMILES string of the molecule is CNCC(CCCOCCOC)C1CCS(=O)(=O)C1. The van der Waals surface area contributed by atoms with Gasteiger partial charge in [-0.25, -0.2) is 8.42 Å². The van der Waals surface area contributed by atoms with Crippen molar-refractivity contribution in [2.45, 2.75) is 19.3 Å². The van der Waals surface area contributed by atoms with Gasteiger partial charge in [0.25, 0.3) is 0 Å². The van der Waals surface area contributed by atoms with Crippen LogP contribution in [0.5, 0.6) is 0 Å². The van der Waals surface area contributed by atoms with Crippen LogP contribution in [0.3, 0.4) is 0 Å². The van der Waals surface area contributed by atoms with Gasteiger partial charge in [0.2, 0.25) is 0 Å². The van der Waals surface area contributed by atoms with E-state index in [1.165, 1.54) is 0 Å². The smallest absolute Gasteiger partial charge is 0.150 e. The topological polar surface area (TPSA) is 64.6 Å².